The summed E-state index contributed by atoms with van der Waals surface area (Å²) in [6.45, 7) is 7.08. The van der Waals surface area contributed by atoms with Crippen molar-refractivity contribution in [2.24, 2.45) is 5.73 Å². The Bertz CT molecular complexity index is 648. The van der Waals surface area contributed by atoms with Crippen LogP contribution in [0.15, 0.2) is 12.1 Å². The lowest BCUT2D eigenvalue weighted by molar-refractivity contribution is 0.102. The smallest absolute Gasteiger partial charge is 0.261 e. The molecule has 0 unspecified atom stereocenters. The normalized spacial score (nSPS) is 10.5. The zero-order valence-electron chi connectivity index (χ0n) is 13.1. The second-order valence-electron chi connectivity index (χ2n) is 5.03. The maximum atomic E-state index is 12.5. The van der Waals surface area contributed by atoms with Gasteiger partial charge in [0.25, 0.3) is 5.91 Å². The van der Waals surface area contributed by atoms with Crippen molar-refractivity contribution in [3.8, 4) is 0 Å². The second kappa shape index (κ2) is 7.33. The van der Waals surface area contributed by atoms with Crippen molar-refractivity contribution in [2.75, 3.05) is 23.7 Å². The predicted molar refractivity (Wildman–Crippen MR) is 90.7 cm³/mol. The third-order valence-corrected chi connectivity index (χ3v) is 4.19. The Morgan fingerprint density at radius 2 is 2.05 bits per heavy atom. The molecular formula is C15H21N5OS. The van der Waals surface area contributed by atoms with Crippen LogP contribution in [-0.2, 0) is 0 Å². The highest BCUT2D eigenvalue weighted by atomic mass is 32.1. The molecule has 0 radical (unpaired) electrons. The van der Waals surface area contributed by atoms with Gasteiger partial charge >= 0.3 is 0 Å². The Hall–Kier alpha value is -1.99. The molecule has 0 aliphatic heterocycles. The van der Waals surface area contributed by atoms with E-state index in [-0.39, 0.29) is 5.91 Å². The summed E-state index contributed by atoms with van der Waals surface area (Å²) in [7, 11) is 0. The Balaban J connectivity index is 2.17. The molecule has 118 valence electrons. The maximum Gasteiger partial charge on any atom is 0.261 e. The number of hydrogen-bond acceptors (Lipinski definition) is 6. The lowest BCUT2D eigenvalue weighted by Crippen LogP contribution is -2.17. The number of nitrogens with two attached hydrogens (primary N) is 1. The molecule has 0 aliphatic carbocycles. The molecule has 0 bridgehead atoms. The quantitative estimate of drug-likeness (QED) is 0.711. The number of nitrogens with zero attached hydrogens (tertiary/aromatic N) is 2. The molecule has 0 aliphatic rings. The number of aryl methyl sites for hydroxylation is 3. The van der Waals surface area contributed by atoms with Gasteiger partial charge in [-0.3, -0.25) is 10.1 Å². The van der Waals surface area contributed by atoms with E-state index in [9.17, 15) is 4.79 Å². The first-order valence-corrected chi connectivity index (χ1v) is 8.00. The topological polar surface area (TPSA) is 92.9 Å². The van der Waals surface area contributed by atoms with E-state index in [4.69, 9.17) is 5.73 Å². The average molecular weight is 319 g/mol. The van der Waals surface area contributed by atoms with Gasteiger partial charge in [-0.05, 0) is 45.9 Å². The summed E-state index contributed by atoms with van der Waals surface area (Å²) < 4.78 is 0. The summed E-state index contributed by atoms with van der Waals surface area (Å²) in [5, 5.41) is 6.61. The van der Waals surface area contributed by atoms with Gasteiger partial charge in [-0.1, -0.05) is 0 Å². The summed E-state index contributed by atoms with van der Waals surface area (Å²) in [4.78, 5) is 22.3. The standard InChI is InChI=1S/C15H21N5OS/c1-9-5-6-12(13(18-9)17-8-4-7-16)14(21)20-15-19-10(2)11(3)22-15/h5-6H,4,7-8,16H2,1-3H3,(H,17,18)(H,19,20,21). The highest BCUT2D eigenvalue weighted by Crippen LogP contribution is 2.23. The molecule has 22 heavy (non-hydrogen) atoms. The van der Waals surface area contributed by atoms with Crippen molar-refractivity contribution in [3.05, 3.63) is 34.0 Å². The molecule has 6 nitrogen and oxygen atoms in total. The zero-order chi connectivity index (χ0) is 16.1. The third kappa shape index (κ3) is 4.02. The first-order valence-electron chi connectivity index (χ1n) is 7.18. The third-order valence-electron chi connectivity index (χ3n) is 3.20. The SMILES string of the molecule is Cc1ccc(C(=O)Nc2nc(C)c(C)s2)c(NCCCN)n1. The second-order valence-corrected chi connectivity index (χ2v) is 6.24. The van der Waals surface area contributed by atoms with Crippen molar-refractivity contribution in [3.63, 3.8) is 0 Å². The van der Waals surface area contributed by atoms with Crippen LogP contribution < -0.4 is 16.4 Å². The average Bonchev–Trinajstić information content (AvgIpc) is 2.77. The molecule has 1 amide bonds. The van der Waals surface area contributed by atoms with Crippen molar-refractivity contribution in [1.29, 1.82) is 0 Å². The van der Waals surface area contributed by atoms with E-state index in [0.29, 0.717) is 29.6 Å². The molecule has 2 heterocycles. The van der Waals surface area contributed by atoms with Gasteiger partial charge in [0, 0.05) is 17.1 Å². The molecule has 2 aromatic heterocycles. The summed E-state index contributed by atoms with van der Waals surface area (Å²) in [5.41, 5.74) is 7.79. The Labute approximate surface area is 134 Å². The Morgan fingerprint density at radius 1 is 1.27 bits per heavy atom. The van der Waals surface area contributed by atoms with Crippen LogP contribution in [0.2, 0.25) is 0 Å². The number of carbonyl (C=O) groups is 1. The van der Waals surface area contributed by atoms with E-state index in [1.165, 1.54) is 11.3 Å². The lowest BCUT2D eigenvalue weighted by atomic mass is 10.2. The van der Waals surface area contributed by atoms with Crippen LogP contribution in [0.3, 0.4) is 0 Å². The number of carbonyl (C=O) groups excluding carboxylic acids is 1. The Morgan fingerprint density at radius 3 is 2.68 bits per heavy atom. The van der Waals surface area contributed by atoms with E-state index < -0.39 is 0 Å². The number of hydrogen-bond donors (Lipinski definition) is 3. The summed E-state index contributed by atoms with van der Waals surface area (Å²) in [5.74, 6) is 0.368. The van der Waals surface area contributed by atoms with Crippen LogP contribution >= 0.6 is 11.3 Å². The fourth-order valence-corrected chi connectivity index (χ4v) is 2.68. The molecule has 0 saturated carbocycles. The lowest BCUT2D eigenvalue weighted by Gasteiger charge is -2.11. The van der Waals surface area contributed by atoms with Gasteiger partial charge in [0.1, 0.15) is 5.82 Å². The fourth-order valence-electron chi connectivity index (χ4n) is 1.87. The van der Waals surface area contributed by atoms with Gasteiger partial charge in [-0.25, -0.2) is 9.97 Å². The van der Waals surface area contributed by atoms with E-state index in [1.54, 1.807) is 6.07 Å². The van der Waals surface area contributed by atoms with Crippen molar-refractivity contribution < 1.29 is 4.79 Å². The van der Waals surface area contributed by atoms with Gasteiger partial charge in [0.15, 0.2) is 5.13 Å². The highest BCUT2D eigenvalue weighted by Gasteiger charge is 2.15. The molecular weight excluding hydrogens is 298 g/mol. The van der Waals surface area contributed by atoms with Crippen LogP contribution in [0.25, 0.3) is 0 Å². The van der Waals surface area contributed by atoms with Crippen molar-refractivity contribution >= 4 is 28.2 Å². The van der Waals surface area contributed by atoms with Crippen molar-refractivity contribution in [2.45, 2.75) is 27.2 Å². The number of thiazole rings is 1. The van der Waals surface area contributed by atoms with Crippen LogP contribution in [0.5, 0.6) is 0 Å². The molecule has 0 fully saturated rings. The minimum absolute atomic E-state index is 0.212. The van der Waals surface area contributed by atoms with E-state index in [0.717, 1.165) is 22.7 Å². The highest BCUT2D eigenvalue weighted by molar-refractivity contribution is 7.15. The summed E-state index contributed by atoms with van der Waals surface area (Å²) in [6.07, 6.45) is 0.821. The first-order chi connectivity index (χ1) is 10.5. The van der Waals surface area contributed by atoms with Gasteiger partial charge < -0.3 is 11.1 Å². The van der Waals surface area contributed by atoms with E-state index >= 15 is 0 Å². The van der Waals surface area contributed by atoms with Crippen molar-refractivity contribution in [1.82, 2.24) is 9.97 Å². The monoisotopic (exact) mass is 319 g/mol. The predicted octanol–water partition coefficient (Wildman–Crippen LogP) is 2.48. The van der Waals surface area contributed by atoms with E-state index in [1.807, 2.05) is 26.8 Å². The minimum atomic E-state index is -0.212. The molecule has 0 spiro atoms. The van der Waals surface area contributed by atoms with Crippen LogP contribution in [0.4, 0.5) is 10.9 Å². The van der Waals surface area contributed by atoms with Gasteiger partial charge in [-0.2, -0.15) is 0 Å². The number of rotatable bonds is 6. The molecule has 4 N–H and O–H groups in total. The molecule has 7 heteroatoms. The number of aromatic nitrogens is 2. The molecule has 0 saturated heterocycles. The molecule has 0 aromatic carbocycles. The summed E-state index contributed by atoms with van der Waals surface area (Å²) >= 11 is 1.47. The van der Waals surface area contributed by atoms with E-state index in [2.05, 4.69) is 20.6 Å². The van der Waals surface area contributed by atoms with Gasteiger partial charge in [0.05, 0.1) is 11.3 Å². The van der Waals surface area contributed by atoms with Gasteiger partial charge in [0.2, 0.25) is 0 Å². The van der Waals surface area contributed by atoms with Crippen LogP contribution in [0.1, 0.15) is 33.0 Å². The Kier molecular flexibility index (Phi) is 5.46. The minimum Gasteiger partial charge on any atom is -0.369 e. The van der Waals surface area contributed by atoms with Crippen LogP contribution in [-0.4, -0.2) is 29.0 Å². The number of pyridine rings is 1. The largest absolute Gasteiger partial charge is 0.369 e. The number of nitrogens with one attached hydrogen (secondary N) is 2. The summed E-state index contributed by atoms with van der Waals surface area (Å²) in [6, 6.07) is 3.59. The first kappa shape index (κ1) is 16.4. The molecule has 0 atom stereocenters. The molecule has 2 aromatic rings. The molecule has 2 rings (SSSR count). The zero-order valence-corrected chi connectivity index (χ0v) is 13.9. The number of amides is 1. The fraction of sp³-hybridized carbons (Fsp3) is 0.400. The van der Waals surface area contributed by atoms with Crippen LogP contribution in [0, 0.1) is 20.8 Å². The van der Waals surface area contributed by atoms with Gasteiger partial charge in [-0.15, -0.1) is 11.3 Å². The number of anilines is 2. The maximum absolute atomic E-state index is 12.5.